The van der Waals surface area contributed by atoms with Crippen LogP contribution in [0.1, 0.15) is 26.2 Å². The zero-order valence-electron chi connectivity index (χ0n) is 12.0. The molecule has 1 aliphatic rings. The fourth-order valence-electron chi connectivity index (χ4n) is 1.70. The lowest BCUT2D eigenvalue weighted by molar-refractivity contribution is 0.214. The van der Waals surface area contributed by atoms with Gasteiger partial charge in [-0.05, 0) is 26.3 Å². The number of aromatic nitrogens is 3. The Balaban J connectivity index is 1.87. The fourth-order valence-corrected chi connectivity index (χ4v) is 1.70. The molecule has 1 saturated carbocycles. The molecule has 0 bridgehead atoms. The monoisotopic (exact) mass is 282 g/mol. The third-order valence-electron chi connectivity index (χ3n) is 3.00. The van der Waals surface area contributed by atoms with Gasteiger partial charge in [-0.1, -0.05) is 6.92 Å². The van der Waals surface area contributed by atoms with Crippen molar-refractivity contribution in [2.75, 3.05) is 32.2 Å². The number of hydrazine groups is 1. The molecule has 1 aliphatic carbocycles. The Morgan fingerprint density at radius 2 is 1.85 bits per heavy atom. The lowest BCUT2D eigenvalue weighted by atomic mass is 10.5. The van der Waals surface area contributed by atoms with E-state index in [1.54, 1.807) is 0 Å². The largest absolute Gasteiger partial charge is 0.463 e. The van der Waals surface area contributed by atoms with Crippen LogP contribution < -0.4 is 20.7 Å². The van der Waals surface area contributed by atoms with Crippen LogP contribution in [-0.4, -0.2) is 52.7 Å². The zero-order chi connectivity index (χ0) is 14.4. The molecule has 1 fully saturated rings. The highest BCUT2D eigenvalue weighted by atomic mass is 16.5. The van der Waals surface area contributed by atoms with Gasteiger partial charge < -0.3 is 14.4 Å². The molecule has 1 aromatic heterocycles. The van der Waals surface area contributed by atoms with Crippen molar-refractivity contribution in [1.82, 2.24) is 19.9 Å². The van der Waals surface area contributed by atoms with Crippen LogP contribution in [0, 0.1) is 0 Å². The van der Waals surface area contributed by atoms with E-state index in [1.807, 2.05) is 6.92 Å². The molecule has 0 spiro atoms. The second kappa shape index (κ2) is 7.20. The summed E-state index contributed by atoms with van der Waals surface area (Å²) >= 11 is 0. The molecular weight excluding hydrogens is 260 g/mol. The summed E-state index contributed by atoms with van der Waals surface area (Å²) in [7, 11) is 2.09. The second-order valence-electron chi connectivity index (χ2n) is 4.78. The zero-order valence-corrected chi connectivity index (χ0v) is 12.0. The lowest BCUT2D eigenvalue weighted by Crippen LogP contribution is -2.26. The Bertz CT molecular complexity index is 426. The Hall–Kier alpha value is -1.67. The van der Waals surface area contributed by atoms with Crippen LogP contribution in [0.5, 0.6) is 12.0 Å². The second-order valence-corrected chi connectivity index (χ2v) is 4.78. The van der Waals surface area contributed by atoms with Gasteiger partial charge in [-0.15, -0.1) is 4.98 Å². The third-order valence-corrected chi connectivity index (χ3v) is 3.00. The molecular formula is C12H22N6O2. The first kappa shape index (κ1) is 14.7. The topological polar surface area (TPSA) is 98.4 Å². The van der Waals surface area contributed by atoms with Crippen molar-refractivity contribution in [3.05, 3.63) is 0 Å². The van der Waals surface area contributed by atoms with E-state index in [0.717, 1.165) is 13.0 Å². The van der Waals surface area contributed by atoms with E-state index in [0.29, 0.717) is 19.3 Å². The highest BCUT2D eigenvalue weighted by Gasteiger charge is 2.25. The van der Waals surface area contributed by atoms with Gasteiger partial charge in [0.2, 0.25) is 5.95 Å². The van der Waals surface area contributed by atoms with Gasteiger partial charge in [0.25, 0.3) is 0 Å². The molecule has 0 radical (unpaired) electrons. The summed E-state index contributed by atoms with van der Waals surface area (Å²) in [5.74, 6) is 5.55. The number of ether oxygens (including phenoxy) is 2. The van der Waals surface area contributed by atoms with Gasteiger partial charge in [0.05, 0.1) is 6.61 Å². The van der Waals surface area contributed by atoms with Crippen LogP contribution >= 0.6 is 0 Å². The summed E-state index contributed by atoms with van der Waals surface area (Å²) in [5.41, 5.74) is 2.38. The minimum Gasteiger partial charge on any atom is -0.463 e. The van der Waals surface area contributed by atoms with Gasteiger partial charge >= 0.3 is 12.0 Å². The Morgan fingerprint density at radius 1 is 1.20 bits per heavy atom. The van der Waals surface area contributed by atoms with E-state index in [1.165, 1.54) is 12.8 Å². The molecule has 0 saturated heterocycles. The number of rotatable bonds is 9. The van der Waals surface area contributed by atoms with E-state index in [4.69, 9.17) is 15.3 Å². The molecule has 0 atom stereocenters. The first-order valence-corrected chi connectivity index (χ1v) is 6.91. The summed E-state index contributed by atoms with van der Waals surface area (Å²) in [6, 6.07) is 1.16. The van der Waals surface area contributed by atoms with Gasteiger partial charge in [0.1, 0.15) is 6.61 Å². The maximum Gasteiger partial charge on any atom is 0.324 e. The first-order chi connectivity index (χ1) is 9.72. The molecule has 2 rings (SSSR count). The van der Waals surface area contributed by atoms with Crippen molar-refractivity contribution >= 4 is 5.95 Å². The molecule has 20 heavy (non-hydrogen) atoms. The van der Waals surface area contributed by atoms with Crippen molar-refractivity contribution in [2.24, 2.45) is 5.84 Å². The highest BCUT2D eigenvalue weighted by Crippen LogP contribution is 2.24. The van der Waals surface area contributed by atoms with Gasteiger partial charge in [-0.2, -0.15) is 9.97 Å². The Morgan fingerprint density at radius 3 is 2.40 bits per heavy atom. The van der Waals surface area contributed by atoms with Crippen LogP contribution in [0.2, 0.25) is 0 Å². The maximum atomic E-state index is 5.54. The van der Waals surface area contributed by atoms with E-state index < -0.39 is 0 Å². The van der Waals surface area contributed by atoms with Gasteiger partial charge in [-0.3, -0.25) is 5.43 Å². The SMILES string of the molecule is CCCOc1nc(NN)nc(OCCN(C)C2CC2)n1. The molecule has 0 aromatic carbocycles. The van der Waals surface area contributed by atoms with Crippen LogP contribution in [0.3, 0.4) is 0 Å². The van der Waals surface area contributed by atoms with Crippen molar-refractivity contribution in [1.29, 1.82) is 0 Å². The molecule has 1 aromatic rings. The lowest BCUT2D eigenvalue weighted by Gasteiger charge is -2.15. The number of hydrogen-bond acceptors (Lipinski definition) is 8. The number of nitrogens with two attached hydrogens (primary N) is 1. The molecule has 0 amide bonds. The minimum absolute atomic E-state index is 0.223. The van der Waals surface area contributed by atoms with Gasteiger partial charge in [0.15, 0.2) is 0 Å². The number of anilines is 1. The fraction of sp³-hybridized carbons (Fsp3) is 0.750. The Kier molecular flexibility index (Phi) is 5.31. The first-order valence-electron chi connectivity index (χ1n) is 6.91. The standard InChI is InChI=1S/C12H22N6O2/c1-3-7-19-11-14-10(17-13)15-12(16-11)20-8-6-18(2)9-4-5-9/h9H,3-8,13H2,1-2H3,(H,14,15,16,17). The van der Waals surface area contributed by atoms with Crippen molar-refractivity contribution in [3.63, 3.8) is 0 Å². The molecule has 0 unspecified atom stereocenters. The summed E-state index contributed by atoms with van der Waals surface area (Å²) in [6.07, 6.45) is 3.43. The van der Waals surface area contributed by atoms with Crippen molar-refractivity contribution in [3.8, 4) is 12.0 Å². The molecule has 0 aliphatic heterocycles. The quantitative estimate of drug-likeness (QED) is 0.496. The number of likely N-dealkylation sites (N-methyl/N-ethyl adjacent to an activating group) is 1. The molecule has 112 valence electrons. The summed E-state index contributed by atoms with van der Waals surface area (Å²) in [4.78, 5) is 14.4. The van der Waals surface area contributed by atoms with Gasteiger partial charge in [-0.25, -0.2) is 5.84 Å². The van der Waals surface area contributed by atoms with E-state index in [9.17, 15) is 0 Å². The van der Waals surface area contributed by atoms with Gasteiger partial charge in [0, 0.05) is 12.6 Å². The van der Waals surface area contributed by atoms with Crippen LogP contribution in [0.4, 0.5) is 5.95 Å². The van der Waals surface area contributed by atoms with Crippen LogP contribution in [0.15, 0.2) is 0 Å². The van der Waals surface area contributed by atoms with Crippen LogP contribution in [-0.2, 0) is 0 Å². The maximum absolute atomic E-state index is 5.54. The highest BCUT2D eigenvalue weighted by molar-refractivity contribution is 5.25. The molecule has 3 N–H and O–H groups in total. The van der Waals surface area contributed by atoms with Crippen molar-refractivity contribution in [2.45, 2.75) is 32.2 Å². The summed E-state index contributed by atoms with van der Waals surface area (Å²) < 4.78 is 10.9. The number of nitrogen functional groups attached to an aromatic ring is 1. The number of nitrogens with zero attached hydrogens (tertiary/aromatic N) is 4. The molecule has 8 heteroatoms. The van der Waals surface area contributed by atoms with E-state index >= 15 is 0 Å². The predicted octanol–water partition coefficient (Wildman–Crippen LogP) is 0.419. The Labute approximate surface area is 118 Å². The summed E-state index contributed by atoms with van der Waals surface area (Å²) in [6.45, 7) is 3.91. The average Bonchev–Trinajstić information content (AvgIpc) is 3.29. The normalized spacial score (nSPS) is 14.4. The van der Waals surface area contributed by atoms with E-state index in [2.05, 4.69) is 32.3 Å². The third kappa shape index (κ3) is 4.46. The number of nitrogens with one attached hydrogen (secondary N) is 1. The minimum atomic E-state index is 0.223. The number of hydrogen-bond donors (Lipinski definition) is 2. The van der Waals surface area contributed by atoms with E-state index in [-0.39, 0.29) is 18.0 Å². The smallest absolute Gasteiger partial charge is 0.324 e. The molecule has 1 heterocycles. The molecule has 8 nitrogen and oxygen atoms in total. The average molecular weight is 282 g/mol. The van der Waals surface area contributed by atoms with Crippen molar-refractivity contribution < 1.29 is 9.47 Å². The summed E-state index contributed by atoms with van der Waals surface area (Å²) in [5, 5.41) is 0. The van der Waals surface area contributed by atoms with Crippen LogP contribution in [0.25, 0.3) is 0 Å². The predicted molar refractivity (Wildman–Crippen MR) is 74.6 cm³/mol.